The lowest BCUT2D eigenvalue weighted by Gasteiger charge is -2.41. The summed E-state index contributed by atoms with van der Waals surface area (Å²) >= 11 is 0. The molecule has 0 aromatic heterocycles. The van der Waals surface area contributed by atoms with E-state index in [1.165, 1.54) is 12.8 Å². The molecule has 1 fully saturated rings. The highest BCUT2D eigenvalue weighted by atomic mass is 16.5. The Kier molecular flexibility index (Phi) is 6.32. The van der Waals surface area contributed by atoms with Crippen molar-refractivity contribution in [3.05, 3.63) is 0 Å². The Morgan fingerprint density at radius 2 is 2.19 bits per heavy atom. The third-order valence-electron chi connectivity index (χ3n) is 3.72. The molecular formula is C13H28N2O. The highest BCUT2D eigenvalue weighted by Crippen LogP contribution is 2.17. The summed E-state index contributed by atoms with van der Waals surface area (Å²) in [6, 6.07) is 1.79. The second-order valence-electron chi connectivity index (χ2n) is 4.90. The van der Waals surface area contributed by atoms with Gasteiger partial charge in [0.05, 0.1) is 6.61 Å². The van der Waals surface area contributed by atoms with E-state index in [4.69, 9.17) is 4.74 Å². The van der Waals surface area contributed by atoms with Gasteiger partial charge in [-0.05, 0) is 33.4 Å². The van der Waals surface area contributed by atoms with Crippen LogP contribution in [0.1, 0.15) is 40.0 Å². The van der Waals surface area contributed by atoms with Crippen molar-refractivity contribution >= 4 is 0 Å². The molecule has 0 bridgehead atoms. The van der Waals surface area contributed by atoms with Crippen LogP contribution in [0.2, 0.25) is 0 Å². The van der Waals surface area contributed by atoms with Gasteiger partial charge in [0.2, 0.25) is 0 Å². The van der Waals surface area contributed by atoms with Gasteiger partial charge in [-0.25, -0.2) is 0 Å². The minimum Gasteiger partial charge on any atom is -0.380 e. The van der Waals surface area contributed by atoms with Crippen LogP contribution in [0.15, 0.2) is 0 Å². The lowest BCUT2D eigenvalue weighted by Crippen LogP contribution is -2.56. The summed E-state index contributed by atoms with van der Waals surface area (Å²) in [7, 11) is 2.24. The fraction of sp³-hybridized carbons (Fsp3) is 1.00. The maximum Gasteiger partial charge on any atom is 0.0637 e. The highest BCUT2D eigenvalue weighted by Gasteiger charge is 2.30. The normalized spacial score (nSPS) is 28.3. The first-order valence-corrected chi connectivity index (χ1v) is 6.73. The van der Waals surface area contributed by atoms with Crippen LogP contribution in [0.25, 0.3) is 0 Å². The van der Waals surface area contributed by atoms with Gasteiger partial charge in [0.15, 0.2) is 0 Å². The summed E-state index contributed by atoms with van der Waals surface area (Å²) in [5.41, 5.74) is 0. The van der Waals surface area contributed by atoms with Gasteiger partial charge in [-0.3, -0.25) is 4.90 Å². The summed E-state index contributed by atoms with van der Waals surface area (Å²) < 4.78 is 5.63. The van der Waals surface area contributed by atoms with Gasteiger partial charge in [-0.15, -0.1) is 0 Å². The molecule has 0 spiro atoms. The molecule has 3 unspecified atom stereocenters. The third-order valence-corrected chi connectivity index (χ3v) is 3.72. The second kappa shape index (κ2) is 7.25. The largest absolute Gasteiger partial charge is 0.380 e. The number of nitrogens with zero attached hydrogens (tertiary/aromatic N) is 1. The molecule has 0 saturated carbocycles. The van der Waals surface area contributed by atoms with E-state index in [-0.39, 0.29) is 0 Å². The van der Waals surface area contributed by atoms with Gasteiger partial charge in [0.25, 0.3) is 0 Å². The molecule has 3 heteroatoms. The lowest BCUT2D eigenvalue weighted by molar-refractivity contribution is -0.00684. The molecule has 0 aromatic rings. The molecule has 1 saturated heterocycles. The van der Waals surface area contributed by atoms with Crippen LogP contribution in [0.4, 0.5) is 0 Å². The molecule has 1 heterocycles. The zero-order chi connectivity index (χ0) is 12.0. The van der Waals surface area contributed by atoms with E-state index in [9.17, 15) is 0 Å². The zero-order valence-electron chi connectivity index (χ0n) is 11.3. The van der Waals surface area contributed by atoms with Gasteiger partial charge < -0.3 is 10.1 Å². The van der Waals surface area contributed by atoms with E-state index in [0.29, 0.717) is 18.1 Å². The van der Waals surface area contributed by atoms with E-state index in [1.807, 2.05) is 0 Å². The SMILES string of the molecule is CCCC(C)N(C)C1COCCC1NCC. The van der Waals surface area contributed by atoms with Crippen molar-refractivity contribution in [2.75, 3.05) is 26.8 Å². The Morgan fingerprint density at radius 1 is 1.44 bits per heavy atom. The van der Waals surface area contributed by atoms with E-state index < -0.39 is 0 Å². The minimum atomic E-state index is 0.537. The summed E-state index contributed by atoms with van der Waals surface area (Å²) in [5.74, 6) is 0. The molecule has 1 aliphatic heterocycles. The Bertz CT molecular complexity index is 185. The first kappa shape index (κ1) is 13.9. The fourth-order valence-electron chi connectivity index (χ4n) is 2.57. The summed E-state index contributed by atoms with van der Waals surface area (Å²) in [6.45, 7) is 9.59. The minimum absolute atomic E-state index is 0.537. The van der Waals surface area contributed by atoms with Gasteiger partial charge in [-0.1, -0.05) is 20.3 Å². The maximum atomic E-state index is 5.63. The van der Waals surface area contributed by atoms with E-state index in [0.717, 1.165) is 26.2 Å². The third kappa shape index (κ3) is 3.72. The summed E-state index contributed by atoms with van der Waals surface area (Å²) in [4.78, 5) is 2.50. The van der Waals surface area contributed by atoms with Crippen molar-refractivity contribution in [2.24, 2.45) is 0 Å². The Hall–Kier alpha value is -0.120. The molecule has 0 aromatic carbocycles. The molecule has 0 amide bonds. The molecule has 1 aliphatic rings. The Balaban J connectivity index is 2.52. The van der Waals surface area contributed by atoms with E-state index >= 15 is 0 Å². The predicted octanol–water partition coefficient (Wildman–Crippen LogP) is 1.87. The molecule has 0 radical (unpaired) electrons. The second-order valence-corrected chi connectivity index (χ2v) is 4.90. The van der Waals surface area contributed by atoms with Crippen LogP contribution < -0.4 is 5.32 Å². The monoisotopic (exact) mass is 228 g/mol. The Morgan fingerprint density at radius 3 is 2.81 bits per heavy atom. The molecular weight excluding hydrogens is 200 g/mol. The van der Waals surface area contributed by atoms with Crippen molar-refractivity contribution < 1.29 is 4.74 Å². The highest BCUT2D eigenvalue weighted by molar-refractivity contribution is 4.87. The molecule has 96 valence electrons. The number of likely N-dealkylation sites (N-methyl/N-ethyl adjacent to an activating group) is 2. The number of nitrogens with one attached hydrogen (secondary N) is 1. The van der Waals surface area contributed by atoms with E-state index in [2.05, 4.69) is 38.0 Å². The first-order chi connectivity index (χ1) is 7.70. The quantitative estimate of drug-likeness (QED) is 0.751. The fourth-order valence-corrected chi connectivity index (χ4v) is 2.57. The predicted molar refractivity (Wildman–Crippen MR) is 68.8 cm³/mol. The van der Waals surface area contributed by atoms with Crippen LogP contribution in [-0.4, -0.2) is 49.8 Å². The average Bonchev–Trinajstić information content (AvgIpc) is 2.29. The van der Waals surface area contributed by atoms with Gasteiger partial charge in [0.1, 0.15) is 0 Å². The first-order valence-electron chi connectivity index (χ1n) is 6.73. The maximum absolute atomic E-state index is 5.63. The van der Waals surface area contributed by atoms with Crippen LogP contribution in [0, 0.1) is 0 Å². The van der Waals surface area contributed by atoms with Crippen LogP contribution >= 0.6 is 0 Å². The number of hydrogen-bond acceptors (Lipinski definition) is 3. The number of hydrogen-bond donors (Lipinski definition) is 1. The van der Waals surface area contributed by atoms with E-state index in [1.54, 1.807) is 0 Å². The van der Waals surface area contributed by atoms with Gasteiger partial charge in [-0.2, -0.15) is 0 Å². The van der Waals surface area contributed by atoms with Crippen molar-refractivity contribution in [1.29, 1.82) is 0 Å². The average molecular weight is 228 g/mol. The van der Waals surface area contributed by atoms with Crippen molar-refractivity contribution in [3.63, 3.8) is 0 Å². The van der Waals surface area contributed by atoms with Crippen molar-refractivity contribution in [1.82, 2.24) is 10.2 Å². The summed E-state index contributed by atoms with van der Waals surface area (Å²) in [6.07, 6.45) is 3.67. The van der Waals surface area contributed by atoms with Gasteiger partial charge >= 0.3 is 0 Å². The van der Waals surface area contributed by atoms with Crippen molar-refractivity contribution in [3.8, 4) is 0 Å². The summed E-state index contributed by atoms with van der Waals surface area (Å²) in [5, 5.41) is 3.59. The number of rotatable bonds is 6. The molecule has 1 rings (SSSR count). The van der Waals surface area contributed by atoms with Gasteiger partial charge in [0, 0.05) is 24.7 Å². The molecule has 16 heavy (non-hydrogen) atoms. The van der Waals surface area contributed by atoms with Crippen LogP contribution in [-0.2, 0) is 4.74 Å². The molecule has 3 atom stereocenters. The van der Waals surface area contributed by atoms with Crippen LogP contribution in [0.5, 0.6) is 0 Å². The van der Waals surface area contributed by atoms with Crippen LogP contribution in [0.3, 0.4) is 0 Å². The molecule has 1 N–H and O–H groups in total. The standard InChI is InChI=1S/C13H28N2O/c1-5-7-11(3)15(4)13-10-16-9-8-12(13)14-6-2/h11-14H,5-10H2,1-4H3. The Labute approximate surface area is 101 Å². The topological polar surface area (TPSA) is 24.5 Å². The molecule has 0 aliphatic carbocycles. The smallest absolute Gasteiger partial charge is 0.0637 e. The van der Waals surface area contributed by atoms with Crippen molar-refractivity contribution in [2.45, 2.75) is 58.2 Å². The number of ether oxygens (including phenoxy) is 1. The zero-order valence-corrected chi connectivity index (χ0v) is 11.3. The lowest BCUT2D eigenvalue weighted by atomic mass is 9.99. The molecule has 3 nitrogen and oxygen atoms in total.